The molecule has 0 bridgehead atoms. The van der Waals surface area contributed by atoms with Crippen LogP contribution in [0, 0.1) is 5.92 Å². The van der Waals surface area contributed by atoms with Crippen LogP contribution in [-0.2, 0) is 9.53 Å². The summed E-state index contributed by atoms with van der Waals surface area (Å²) >= 11 is 0. The molecule has 3 nitrogen and oxygen atoms in total. The van der Waals surface area contributed by atoms with E-state index in [1.807, 2.05) is 24.3 Å². The zero-order valence-corrected chi connectivity index (χ0v) is 11.7. The van der Waals surface area contributed by atoms with Crippen molar-refractivity contribution >= 4 is 5.97 Å². The number of rotatable bonds is 1. The second-order valence-electron chi connectivity index (χ2n) is 5.75. The first kappa shape index (κ1) is 12.6. The molecule has 0 fully saturated rings. The number of hydrogen-bond acceptors (Lipinski definition) is 3. The molecule has 0 spiro atoms. The molecule has 0 radical (unpaired) electrons. The highest BCUT2D eigenvalue weighted by molar-refractivity contribution is 5.85. The SMILES string of the molecule is COC(=O)[C@H]1C[C@H](O)c2cccc3c2[C@@H]1c1ccccc1-3. The van der Waals surface area contributed by atoms with E-state index in [2.05, 4.69) is 18.2 Å². The summed E-state index contributed by atoms with van der Waals surface area (Å²) < 4.78 is 4.97. The molecular weight excluding hydrogens is 264 g/mol. The van der Waals surface area contributed by atoms with Crippen molar-refractivity contribution in [1.29, 1.82) is 0 Å². The van der Waals surface area contributed by atoms with Gasteiger partial charge in [-0.05, 0) is 34.2 Å². The number of carbonyl (C=O) groups excluding carboxylic acids is 1. The maximum absolute atomic E-state index is 12.2. The third kappa shape index (κ3) is 1.61. The molecule has 0 amide bonds. The summed E-state index contributed by atoms with van der Waals surface area (Å²) in [7, 11) is 1.41. The van der Waals surface area contributed by atoms with Crippen LogP contribution in [0.2, 0.25) is 0 Å². The number of esters is 1. The van der Waals surface area contributed by atoms with Crippen LogP contribution >= 0.6 is 0 Å². The van der Waals surface area contributed by atoms with E-state index >= 15 is 0 Å². The van der Waals surface area contributed by atoms with Crippen LogP contribution in [0.5, 0.6) is 0 Å². The number of aliphatic hydroxyl groups is 1. The Morgan fingerprint density at radius 1 is 1.10 bits per heavy atom. The van der Waals surface area contributed by atoms with E-state index in [4.69, 9.17) is 4.74 Å². The summed E-state index contributed by atoms with van der Waals surface area (Å²) in [5.41, 5.74) is 5.53. The zero-order valence-electron chi connectivity index (χ0n) is 11.7. The molecule has 0 unspecified atom stereocenters. The second-order valence-corrected chi connectivity index (χ2v) is 5.75. The number of aliphatic hydroxyl groups excluding tert-OH is 1. The van der Waals surface area contributed by atoms with Gasteiger partial charge in [0.1, 0.15) is 0 Å². The molecule has 4 rings (SSSR count). The van der Waals surface area contributed by atoms with Gasteiger partial charge >= 0.3 is 5.97 Å². The third-order valence-corrected chi connectivity index (χ3v) is 4.78. The van der Waals surface area contributed by atoms with E-state index in [9.17, 15) is 9.90 Å². The van der Waals surface area contributed by atoms with Crippen molar-refractivity contribution in [1.82, 2.24) is 0 Å². The van der Waals surface area contributed by atoms with Gasteiger partial charge < -0.3 is 9.84 Å². The molecule has 0 saturated carbocycles. The Morgan fingerprint density at radius 3 is 2.62 bits per heavy atom. The molecule has 2 aromatic carbocycles. The smallest absolute Gasteiger partial charge is 0.309 e. The van der Waals surface area contributed by atoms with Gasteiger partial charge in [0.15, 0.2) is 0 Å². The van der Waals surface area contributed by atoms with Crippen LogP contribution in [0.15, 0.2) is 42.5 Å². The predicted octanol–water partition coefficient (Wildman–Crippen LogP) is 3.03. The van der Waals surface area contributed by atoms with Crippen LogP contribution in [0.4, 0.5) is 0 Å². The quantitative estimate of drug-likeness (QED) is 0.817. The Labute approximate surface area is 123 Å². The second kappa shape index (κ2) is 4.43. The van der Waals surface area contributed by atoms with Crippen LogP contribution in [-0.4, -0.2) is 18.2 Å². The van der Waals surface area contributed by atoms with E-state index in [1.54, 1.807) is 0 Å². The Hall–Kier alpha value is -2.13. The van der Waals surface area contributed by atoms with Crippen molar-refractivity contribution in [3.8, 4) is 11.1 Å². The van der Waals surface area contributed by atoms with Crippen LogP contribution in [0.1, 0.15) is 35.1 Å². The van der Waals surface area contributed by atoms with Crippen molar-refractivity contribution in [2.24, 2.45) is 5.92 Å². The molecule has 0 saturated heterocycles. The number of fused-ring (bicyclic) bond motifs is 3. The average molecular weight is 280 g/mol. The van der Waals surface area contributed by atoms with Gasteiger partial charge in [-0.1, -0.05) is 42.5 Å². The van der Waals surface area contributed by atoms with Crippen LogP contribution in [0.25, 0.3) is 11.1 Å². The molecule has 1 N–H and O–H groups in total. The Kier molecular flexibility index (Phi) is 2.66. The lowest BCUT2D eigenvalue weighted by atomic mass is 9.73. The van der Waals surface area contributed by atoms with Gasteiger partial charge in [-0.2, -0.15) is 0 Å². The Bertz CT molecular complexity index is 735. The molecule has 2 aliphatic rings. The lowest BCUT2D eigenvalue weighted by molar-refractivity contribution is -0.147. The summed E-state index contributed by atoms with van der Waals surface area (Å²) in [6.07, 6.45) is -0.183. The highest BCUT2D eigenvalue weighted by atomic mass is 16.5. The van der Waals surface area contributed by atoms with E-state index in [0.29, 0.717) is 6.42 Å². The molecule has 0 aliphatic heterocycles. The van der Waals surface area contributed by atoms with Crippen molar-refractivity contribution < 1.29 is 14.6 Å². The van der Waals surface area contributed by atoms with Gasteiger partial charge in [0.05, 0.1) is 19.1 Å². The fourth-order valence-electron chi connectivity index (χ4n) is 3.93. The Balaban J connectivity index is 2.00. The van der Waals surface area contributed by atoms with E-state index in [1.165, 1.54) is 18.2 Å². The monoisotopic (exact) mass is 280 g/mol. The number of methoxy groups -OCH3 is 1. The molecule has 0 aromatic heterocycles. The number of benzene rings is 2. The van der Waals surface area contributed by atoms with Crippen LogP contribution < -0.4 is 0 Å². The molecule has 21 heavy (non-hydrogen) atoms. The minimum Gasteiger partial charge on any atom is -0.469 e. The largest absolute Gasteiger partial charge is 0.469 e. The highest BCUT2D eigenvalue weighted by Gasteiger charge is 2.45. The third-order valence-electron chi connectivity index (χ3n) is 4.78. The van der Waals surface area contributed by atoms with E-state index in [0.717, 1.165) is 16.7 Å². The average Bonchev–Trinajstić information content (AvgIpc) is 2.86. The predicted molar refractivity (Wildman–Crippen MR) is 78.8 cm³/mol. The summed E-state index contributed by atoms with van der Waals surface area (Å²) in [6, 6.07) is 14.2. The van der Waals surface area contributed by atoms with Gasteiger partial charge in [-0.25, -0.2) is 0 Å². The maximum Gasteiger partial charge on any atom is 0.309 e. The summed E-state index contributed by atoms with van der Waals surface area (Å²) in [4.78, 5) is 12.2. The normalized spacial score (nSPS) is 25.1. The molecular formula is C18H16O3. The number of ether oxygens (including phenoxy) is 1. The van der Waals surface area contributed by atoms with Gasteiger partial charge in [0, 0.05) is 5.92 Å². The lowest BCUT2D eigenvalue weighted by Crippen LogP contribution is -2.30. The van der Waals surface area contributed by atoms with E-state index in [-0.39, 0.29) is 17.8 Å². The van der Waals surface area contributed by atoms with Crippen molar-refractivity contribution in [2.45, 2.75) is 18.4 Å². The summed E-state index contributed by atoms with van der Waals surface area (Å²) in [5.74, 6) is -0.554. The highest BCUT2D eigenvalue weighted by Crippen LogP contribution is 2.55. The van der Waals surface area contributed by atoms with Crippen LogP contribution in [0.3, 0.4) is 0 Å². The molecule has 3 atom stereocenters. The lowest BCUT2D eigenvalue weighted by Gasteiger charge is -2.32. The first-order chi connectivity index (χ1) is 10.2. The molecule has 0 heterocycles. The number of carbonyl (C=O) groups is 1. The zero-order chi connectivity index (χ0) is 14.6. The van der Waals surface area contributed by atoms with Gasteiger partial charge in [0.25, 0.3) is 0 Å². The standard InChI is InChI=1S/C18H16O3/c1-21-18(20)14-9-15(19)13-8-4-7-12-10-5-2-3-6-11(10)17(14)16(12)13/h2-8,14-15,17,19H,9H2,1H3/t14-,15-,17+/m0/s1. The van der Waals surface area contributed by atoms with Crippen molar-refractivity contribution in [3.05, 3.63) is 59.2 Å². The molecule has 3 heteroatoms. The molecule has 2 aromatic rings. The molecule has 2 aliphatic carbocycles. The summed E-state index contributed by atoms with van der Waals surface area (Å²) in [6.45, 7) is 0. The first-order valence-corrected chi connectivity index (χ1v) is 7.20. The Morgan fingerprint density at radius 2 is 1.81 bits per heavy atom. The topological polar surface area (TPSA) is 46.5 Å². The van der Waals surface area contributed by atoms with Crippen molar-refractivity contribution in [2.75, 3.05) is 7.11 Å². The number of hydrogen-bond donors (Lipinski definition) is 1. The first-order valence-electron chi connectivity index (χ1n) is 7.20. The molecule has 106 valence electrons. The fourth-order valence-corrected chi connectivity index (χ4v) is 3.93. The minimum absolute atomic E-state index is 0.00301. The van der Waals surface area contributed by atoms with E-state index < -0.39 is 6.10 Å². The fraction of sp³-hybridized carbons (Fsp3) is 0.278. The van der Waals surface area contributed by atoms with Gasteiger partial charge in [-0.15, -0.1) is 0 Å². The van der Waals surface area contributed by atoms with Gasteiger partial charge in [-0.3, -0.25) is 4.79 Å². The van der Waals surface area contributed by atoms with Gasteiger partial charge in [0.2, 0.25) is 0 Å². The summed E-state index contributed by atoms with van der Waals surface area (Å²) in [5, 5.41) is 10.4. The minimum atomic E-state index is -0.602. The van der Waals surface area contributed by atoms with Crippen molar-refractivity contribution in [3.63, 3.8) is 0 Å². The maximum atomic E-state index is 12.2.